The van der Waals surface area contributed by atoms with Crippen LogP contribution >= 0.6 is 0 Å². The molecule has 0 aromatic heterocycles. The molecule has 0 heterocycles. The molecule has 0 aromatic carbocycles. The van der Waals surface area contributed by atoms with Gasteiger partial charge in [0.2, 0.25) is 0 Å². The predicted octanol–water partition coefficient (Wildman–Crippen LogP) is 1.99. The van der Waals surface area contributed by atoms with Crippen LogP contribution in [0.3, 0.4) is 0 Å². The van der Waals surface area contributed by atoms with E-state index in [4.69, 9.17) is 9.84 Å². The van der Waals surface area contributed by atoms with E-state index in [0.29, 0.717) is 31.9 Å². The molecule has 0 radical (unpaired) electrons. The summed E-state index contributed by atoms with van der Waals surface area (Å²) in [6.07, 6.45) is 5.73. The molecule has 0 aromatic rings. The lowest BCUT2D eigenvalue weighted by molar-refractivity contribution is -0.139. The number of carbonyl (C=O) groups is 2. The lowest BCUT2D eigenvalue weighted by Gasteiger charge is -2.27. The highest BCUT2D eigenvalue weighted by atomic mass is 16.5. The molecule has 0 aliphatic heterocycles. The normalized spacial score (nSPS) is 23.3. The Morgan fingerprint density at radius 2 is 2.14 bits per heavy atom. The minimum Gasteiger partial charge on any atom is -0.480 e. The van der Waals surface area contributed by atoms with Gasteiger partial charge in [-0.2, -0.15) is 0 Å². The summed E-state index contributed by atoms with van der Waals surface area (Å²) in [7, 11) is 1.57. The standard InChI is InChI=1S/C15H28N2O4/c1-11-5-3-6-12(9-11)10-16-15(20)17-13(14(18)19)7-4-8-21-2/h11-13H,3-10H2,1-2H3,(H,18,19)(H2,16,17,20). The van der Waals surface area contributed by atoms with Crippen molar-refractivity contribution in [3.05, 3.63) is 0 Å². The van der Waals surface area contributed by atoms with E-state index in [0.717, 1.165) is 18.8 Å². The number of amides is 2. The number of carboxylic acids is 1. The van der Waals surface area contributed by atoms with Crippen LogP contribution in [0, 0.1) is 11.8 Å². The predicted molar refractivity (Wildman–Crippen MR) is 80.2 cm³/mol. The maximum Gasteiger partial charge on any atom is 0.326 e. The monoisotopic (exact) mass is 300 g/mol. The number of nitrogens with one attached hydrogen (secondary N) is 2. The summed E-state index contributed by atoms with van der Waals surface area (Å²) in [6.45, 7) is 3.36. The van der Waals surface area contributed by atoms with E-state index in [9.17, 15) is 9.59 Å². The first kappa shape index (κ1) is 17.8. The first-order chi connectivity index (χ1) is 10.0. The zero-order valence-corrected chi connectivity index (χ0v) is 13.1. The molecular formula is C15H28N2O4. The maximum atomic E-state index is 11.8. The third-order valence-electron chi connectivity index (χ3n) is 4.04. The summed E-state index contributed by atoms with van der Waals surface area (Å²) >= 11 is 0. The molecule has 1 saturated carbocycles. The topological polar surface area (TPSA) is 87.7 Å². The molecule has 0 spiro atoms. The average Bonchev–Trinajstić information content (AvgIpc) is 2.44. The van der Waals surface area contributed by atoms with Gasteiger partial charge in [0.25, 0.3) is 0 Å². The molecule has 0 saturated heterocycles. The summed E-state index contributed by atoms with van der Waals surface area (Å²) in [5, 5.41) is 14.4. The van der Waals surface area contributed by atoms with E-state index in [2.05, 4.69) is 17.6 Å². The highest BCUT2D eigenvalue weighted by Crippen LogP contribution is 2.27. The Hall–Kier alpha value is -1.30. The SMILES string of the molecule is COCCCC(NC(=O)NCC1CCCC(C)C1)C(=O)O. The van der Waals surface area contributed by atoms with Gasteiger partial charge in [-0.1, -0.05) is 19.8 Å². The largest absolute Gasteiger partial charge is 0.480 e. The molecule has 0 bridgehead atoms. The van der Waals surface area contributed by atoms with Gasteiger partial charge in [0, 0.05) is 20.3 Å². The number of methoxy groups -OCH3 is 1. The fourth-order valence-electron chi connectivity index (χ4n) is 2.88. The van der Waals surface area contributed by atoms with Crippen molar-refractivity contribution in [2.24, 2.45) is 11.8 Å². The molecule has 3 unspecified atom stereocenters. The van der Waals surface area contributed by atoms with Crippen molar-refractivity contribution in [2.75, 3.05) is 20.3 Å². The number of hydrogen-bond donors (Lipinski definition) is 3. The lowest BCUT2D eigenvalue weighted by Crippen LogP contribution is -2.47. The third-order valence-corrected chi connectivity index (χ3v) is 4.04. The first-order valence-corrected chi connectivity index (χ1v) is 7.79. The van der Waals surface area contributed by atoms with Gasteiger partial charge in [-0.25, -0.2) is 9.59 Å². The van der Waals surface area contributed by atoms with Crippen molar-refractivity contribution < 1.29 is 19.4 Å². The quantitative estimate of drug-likeness (QED) is 0.598. The molecule has 3 N–H and O–H groups in total. The van der Waals surface area contributed by atoms with E-state index in [1.807, 2.05) is 0 Å². The van der Waals surface area contributed by atoms with Crippen molar-refractivity contribution in [1.82, 2.24) is 10.6 Å². The van der Waals surface area contributed by atoms with Crippen LogP contribution in [-0.2, 0) is 9.53 Å². The Labute approximate surface area is 126 Å². The molecule has 6 heteroatoms. The number of aliphatic carboxylic acids is 1. The summed E-state index contributed by atoms with van der Waals surface area (Å²) < 4.78 is 4.89. The average molecular weight is 300 g/mol. The van der Waals surface area contributed by atoms with Crippen molar-refractivity contribution in [3.8, 4) is 0 Å². The molecule has 6 nitrogen and oxygen atoms in total. The highest BCUT2D eigenvalue weighted by molar-refractivity contribution is 5.82. The minimum atomic E-state index is -1.01. The molecule has 1 aliphatic rings. The van der Waals surface area contributed by atoms with Crippen LogP contribution in [-0.4, -0.2) is 43.4 Å². The zero-order chi connectivity index (χ0) is 15.7. The Kier molecular flexibility index (Phi) is 8.12. The van der Waals surface area contributed by atoms with Crippen LogP contribution in [0.1, 0.15) is 45.4 Å². The van der Waals surface area contributed by atoms with Crippen LogP contribution in [0.15, 0.2) is 0 Å². The fourth-order valence-corrected chi connectivity index (χ4v) is 2.88. The van der Waals surface area contributed by atoms with E-state index < -0.39 is 18.0 Å². The van der Waals surface area contributed by atoms with Crippen molar-refractivity contribution in [1.29, 1.82) is 0 Å². The van der Waals surface area contributed by atoms with Gasteiger partial charge in [-0.15, -0.1) is 0 Å². The molecule has 3 atom stereocenters. The van der Waals surface area contributed by atoms with Crippen LogP contribution in [0.25, 0.3) is 0 Å². The van der Waals surface area contributed by atoms with Gasteiger partial charge in [-0.3, -0.25) is 0 Å². The summed E-state index contributed by atoms with van der Waals surface area (Å²) in [5.41, 5.74) is 0. The smallest absolute Gasteiger partial charge is 0.326 e. The second-order valence-corrected chi connectivity index (χ2v) is 6.02. The number of ether oxygens (including phenoxy) is 1. The number of rotatable bonds is 8. The number of hydrogen-bond acceptors (Lipinski definition) is 3. The van der Waals surface area contributed by atoms with Gasteiger partial charge in [0.15, 0.2) is 0 Å². The molecule has 1 fully saturated rings. The highest BCUT2D eigenvalue weighted by Gasteiger charge is 2.22. The Morgan fingerprint density at radius 1 is 1.38 bits per heavy atom. The van der Waals surface area contributed by atoms with Crippen LogP contribution in [0.4, 0.5) is 4.79 Å². The molecule has 1 rings (SSSR count). The molecule has 21 heavy (non-hydrogen) atoms. The van der Waals surface area contributed by atoms with Crippen LogP contribution in [0.5, 0.6) is 0 Å². The summed E-state index contributed by atoms with van der Waals surface area (Å²) in [6, 6.07) is -1.25. The van der Waals surface area contributed by atoms with E-state index >= 15 is 0 Å². The van der Waals surface area contributed by atoms with Crippen molar-refractivity contribution in [2.45, 2.75) is 51.5 Å². The van der Waals surface area contributed by atoms with Crippen LogP contribution in [0.2, 0.25) is 0 Å². The van der Waals surface area contributed by atoms with Gasteiger partial charge >= 0.3 is 12.0 Å². The number of urea groups is 1. The summed E-state index contributed by atoms with van der Waals surface area (Å²) in [5.74, 6) is 0.221. The molecule has 122 valence electrons. The van der Waals surface area contributed by atoms with Gasteiger partial charge in [0.1, 0.15) is 6.04 Å². The molecule has 2 amide bonds. The Balaban J connectivity index is 2.27. The molecule has 1 aliphatic carbocycles. The van der Waals surface area contributed by atoms with E-state index in [-0.39, 0.29) is 0 Å². The fraction of sp³-hybridized carbons (Fsp3) is 0.867. The maximum absolute atomic E-state index is 11.8. The van der Waals surface area contributed by atoms with Gasteiger partial charge in [0.05, 0.1) is 0 Å². The van der Waals surface area contributed by atoms with Crippen LogP contribution < -0.4 is 10.6 Å². The van der Waals surface area contributed by atoms with E-state index in [1.165, 1.54) is 12.8 Å². The first-order valence-electron chi connectivity index (χ1n) is 7.79. The second-order valence-electron chi connectivity index (χ2n) is 6.02. The molecular weight excluding hydrogens is 272 g/mol. The van der Waals surface area contributed by atoms with Crippen molar-refractivity contribution >= 4 is 12.0 Å². The lowest BCUT2D eigenvalue weighted by atomic mass is 9.82. The van der Waals surface area contributed by atoms with Gasteiger partial charge in [-0.05, 0) is 37.5 Å². The van der Waals surface area contributed by atoms with Crippen molar-refractivity contribution in [3.63, 3.8) is 0 Å². The Morgan fingerprint density at radius 3 is 2.76 bits per heavy atom. The number of carboxylic acid groups (broad SMARTS) is 1. The van der Waals surface area contributed by atoms with Gasteiger partial charge < -0.3 is 20.5 Å². The Bertz CT molecular complexity index is 336. The number of carbonyl (C=O) groups excluding carboxylic acids is 1. The van der Waals surface area contributed by atoms with E-state index in [1.54, 1.807) is 7.11 Å². The second kappa shape index (κ2) is 9.60. The zero-order valence-electron chi connectivity index (χ0n) is 13.1. The minimum absolute atomic E-state index is 0.372. The summed E-state index contributed by atoms with van der Waals surface area (Å²) in [4.78, 5) is 22.9. The third kappa shape index (κ3) is 7.32.